The van der Waals surface area contributed by atoms with Gasteiger partial charge in [-0.3, -0.25) is 0 Å². The first kappa shape index (κ1) is 23.1. The van der Waals surface area contributed by atoms with Gasteiger partial charge in [0.15, 0.2) is 0 Å². The SMILES string of the molecule is Cc1nn(-c2ccccc2Cl)c2c1C(c1cccc3ccccc13)c1c(C)nn(-c3ccccc3Cl)c1O2. The number of ether oxygens (including phenoxy) is 1. The molecule has 1 aliphatic rings. The Balaban J connectivity index is 1.57. The molecule has 0 atom stereocenters. The van der Waals surface area contributed by atoms with E-state index in [4.69, 9.17) is 38.1 Å². The minimum Gasteiger partial charge on any atom is -0.420 e. The van der Waals surface area contributed by atoms with Crippen molar-refractivity contribution in [1.82, 2.24) is 19.6 Å². The molecule has 0 unspecified atom stereocenters. The molecule has 7 rings (SSSR count). The van der Waals surface area contributed by atoms with Crippen LogP contribution in [0.1, 0.15) is 34.0 Å². The predicted molar refractivity (Wildman–Crippen MR) is 152 cm³/mol. The summed E-state index contributed by atoms with van der Waals surface area (Å²) in [6, 6.07) is 30.2. The van der Waals surface area contributed by atoms with Crippen LogP contribution in [0.3, 0.4) is 0 Å². The average Bonchev–Trinajstić information content (AvgIpc) is 3.44. The topological polar surface area (TPSA) is 44.9 Å². The quantitative estimate of drug-likeness (QED) is 0.227. The number of nitrogens with zero attached hydrogens (tertiary/aromatic N) is 4. The Morgan fingerprint density at radius 2 is 1.13 bits per heavy atom. The molecule has 0 amide bonds. The van der Waals surface area contributed by atoms with Crippen molar-refractivity contribution in [2.45, 2.75) is 19.8 Å². The van der Waals surface area contributed by atoms with Gasteiger partial charge in [-0.25, -0.2) is 0 Å². The molecule has 0 radical (unpaired) electrons. The number of benzene rings is 4. The smallest absolute Gasteiger partial charge is 0.229 e. The summed E-state index contributed by atoms with van der Waals surface area (Å²) in [7, 11) is 0. The Morgan fingerprint density at radius 1 is 0.632 bits per heavy atom. The van der Waals surface area contributed by atoms with Crippen LogP contribution in [0.15, 0.2) is 91.0 Å². The first-order valence-corrected chi connectivity index (χ1v) is 13.1. The highest BCUT2D eigenvalue weighted by atomic mass is 35.5. The van der Waals surface area contributed by atoms with E-state index in [1.807, 2.05) is 62.4 Å². The highest BCUT2D eigenvalue weighted by Crippen LogP contribution is 2.52. The second kappa shape index (κ2) is 8.76. The van der Waals surface area contributed by atoms with Crippen LogP contribution >= 0.6 is 23.2 Å². The molecule has 1 aliphatic heterocycles. The van der Waals surface area contributed by atoms with Gasteiger partial charge in [0.1, 0.15) is 0 Å². The molecule has 0 N–H and O–H groups in total. The molecule has 0 aliphatic carbocycles. The highest BCUT2D eigenvalue weighted by molar-refractivity contribution is 6.32. The largest absolute Gasteiger partial charge is 0.420 e. The summed E-state index contributed by atoms with van der Waals surface area (Å²) in [5.41, 5.74) is 6.39. The summed E-state index contributed by atoms with van der Waals surface area (Å²) < 4.78 is 10.3. The second-order valence-corrected chi connectivity index (χ2v) is 10.3. The molecule has 186 valence electrons. The molecule has 0 spiro atoms. The third-order valence-electron chi connectivity index (χ3n) is 7.19. The van der Waals surface area contributed by atoms with E-state index in [1.165, 1.54) is 10.8 Å². The molecule has 6 aromatic rings. The lowest BCUT2D eigenvalue weighted by Crippen LogP contribution is -2.15. The average molecular weight is 537 g/mol. The Hall–Kier alpha value is -4.06. The van der Waals surface area contributed by atoms with Crippen LogP contribution in [0.25, 0.3) is 22.1 Å². The number of halogens is 2. The number of aromatic nitrogens is 4. The minimum atomic E-state index is -0.160. The number of hydrogen-bond donors (Lipinski definition) is 0. The van der Waals surface area contributed by atoms with Crippen molar-refractivity contribution in [3.8, 4) is 23.1 Å². The van der Waals surface area contributed by atoms with E-state index in [0.717, 1.165) is 39.5 Å². The van der Waals surface area contributed by atoms with E-state index >= 15 is 0 Å². The standard InChI is InChI=1S/C31H22Cl2N4O/c1-18-27-29(22-13-9-11-20-10-3-4-12-21(20)22)28-19(2)35-37(26-17-8-6-15-24(26)33)31(28)38-30(27)36(34-18)25-16-7-5-14-23(25)32/h3-17,29H,1-2H3. The molecule has 0 saturated heterocycles. The van der Waals surface area contributed by atoms with Crippen LogP contribution in [-0.2, 0) is 0 Å². The molecule has 0 bridgehead atoms. The van der Waals surface area contributed by atoms with Crippen LogP contribution in [0, 0.1) is 13.8 Å². The Morgan fingerprint density at radius 3 is 1.71 bits per heavy atom. The monoisotopic (exact) mass is 536 g/mol. The first-order chi connectivity index (χ1) is 18.5. The number of hydrogen-bond acceptors (Lipinski definition) is 3. The van der Waals surface area contributed by atoms with Gasteiger partial charge < -0.3 is 4.74 Å². The molecule has 4 aromatic carbocycles. The zero-order valence-corrected chi connectivity index (χ0v) is 22.2. The third kappa shape index (κ3) is 3.39. The van der Waals surface area contributed by atoms with E-state index in [2.05, 4.69) is 42.5 Å². The van der Waals surface area contributed by atoms with Crippen LogP contribution in [-0.4, -0.2) is 19.6 Å². The number of para-hydroxylation sites is 2. The fourth-order valence-electron chi connectivity index (χ4n) is 5.52. The minimum absolute atomic E-state index is 0.160. The van der Waals surface area contributed by atoms with Gasteiger partial charge in [0.25, 0.3) is 0 Å². The van der Waals surface area contributed by atoms with Crippen molar-refractivity contribution < 1.29 is 4.74 Å². The molecule has 3 heterocycles. The van der Waals surface area contributed by atoms with Crippen molar-refractivity contribution in [3.05, 3.63) is 129 Å². The van der Waals surface area contributed by atoms with Crippen molar-refractivity contribution >= 4 is 34.0 Å². The van der Waals surface area contributed by atoms with E-state index < -0.39 is 0 Å². The van der Waals surface area contributed by atoms with Gasteiger partial charge in [-0.1, -0.05) is 89.9 Å². The number of rotatable bonds is 3. The molecular formula is C31H22Cl2N4O. The second-order valence-electron chi connectivity index (χ2n) is 9.44. The normalized spacial score (nSPS) is 12.8. The van der Waals surface area contributed by atoms with Gasteiger partial charge in [-0.15, -0.1) is 0 Å². The maximum Gasteiger partial charge on any atom is 0.229 e. The number of aryl methyl sites for hydroxylation is 2. The van der Waals surface area contributed by atoms with Crippen molar-refractivity contribution in [2.75, 3.05) is 0 Å². The lowest BCUT2D eigenvalue weighted by molar-refractivity contribution is 0.392. The van der Waals surface area contributed by atoms with Crippen LogP contribution in [0.5, 0.6) is 11.8 Å². The molecule has 38 heavy (non-hydrogen) atoms. The van der Waals surface area contributed by atoms with E-state index in [-0.39, 0.29) is 5.92 Å². The Labute approximate surface area is 229 Å². The Bertz CT molecular complexity index is 1770. The molecular weight excluding hydrogens is 515 g/mol. The summed E-state index contributed by atoms with van der Waals surface area (Å²) >= 11 is 13.3. The summed E-state index contributed by atoms with van der Waals surface area (Å²) in [5, 5.41) is 13.4. The Kier molecular flexibility index (Phi) is 5.32. The van der Waals surface area contributed by atoms with Crippen LogP contribution < -0.4 is 4.74 Å². The predicted octanol–water partition coefficient (Wildman–Crippen LogP) is 8.42. The van der Waals surface area contributed by atoms with E-state index in [9.17, 15) is 0 Å². The van der Waals surface area contributed by atoms with E-state index in [1.54, 1.807) is 9.36 Å². The van der Waals surface area contributed by atoms with Crippen molar-refractivity contribution in [1.29, 1.82) is 0 Å². The van der Waals surface area contributed by atoms with Gasteiger partial charge in [-0.2, -0.15) is 19.6 Å². The highest BCUT2D eigenvalue weighted by Gasteiger charge is 2.40. The molecule has 0 saturated carbocycles. The van der Waals surface area contributed by atoms with E-state index in [0.29, 0.717) is 21.8 Å². The zero-order chi connectivity index (χ0) is 26.0. The summed E-state index contributed by atoms with van der Waals surface area (Å²) in [6.07, 6.45) is 0. The lowest BCUT2D eigenvalue weighted by Gasteiger charge is -2.27. The van der Waals surface area contributed by atoms with Gasteiger partial charge in [0.2, 0.25) is 11.8 Å². The molecule has 5 nitrogen and oxygen atoms in total. The van der Waals surface area contributed by atoms with Crippen LogP contribution in [0.4, 0.5) is 0 Å². The lowest BCUT2D eigenvalue weighted by atomic mass is 9.81. The van der Waals surface area contributed by atoms with Gasteiger partial charge in [0.05, 0.1) is 43.9 Å². The molecule has 2 aromatic heterocycles. The van der Waals surface area contributed by atoms with Crippen molar-refractivity contribution in [2.24, 2.45) is 0 Å². The van der Waals surface area contributed by atoms with Crippen LogP contribution in [0.2, 0.25) is 10.0 Å². The van der Waals surface area contributed by atoms with Gasteiger partial charge in [0, 0.05) is 5.92 Å². The summed E-state index contributed by atoms with van der Waals surface area (Å²) in [4.78, 5) is 0. The van der Waals surface area contributed by atoms with Crippen molar-refractivity contribution in [3.63, 3.8) is 0 Å². The first-order valence-electron chi connectivity index (χ1n) is 12.4. The summed E-state index contributed by atoms with van der Waals surface area (Å²) in [5.74, 6) is 1.08. The number of fused-ring (bicyclic) bond motifs is 3. The maximum absolute atomic E-state index is 6.75. The zero-order valence-electron chi connectivity index (χ0n) is 20.7. The molecule has 7 heteroatoms. The van der Waals surface area contributed by atoms with Gasteiger partial charge >= 0.3 is 0 Å². The summed E-state index contributed by atoms with van der Waals surface area (Å²) in [6.45, 7) is 4.04. The fraction of sp³-hybridized carbons (Fsp3) is 0.0968. The molecule has 0 fully saturated rings. The maximum atomic E-state index is 6.75. The van der Waals surface area contributed by atoms with Gasteiger partial charge in [-0.05, 0) is 54.4 Å². The fourth-order valence-corrected chi connectivity index (χ4v) is 5.95. The third-order valence-corrected chi connectivity index (χ3v) is 7.83.